The highest BCUT2D eigenvalue weighted by atomic mass is 127. The first-order valence-corrected chi connectivity index (χ1v) is 5.88. The SMILES string of the molecule is Cc1ccc(NC(=O)CC(C)N)cc1I. The molecule has 0 aromatic heterocycles. The summed E-state index contributed by atoms with van der Waals surface area (Å²) in [4.78, 5) is 11.4. The number of anilines is 1. The van der Waals surface area contributed by atoms with Crippen molar-refractivity contribution in [2.45, 2.75) is 26.3 Å². The van der Waals surface area contributed by atoms with Gasteiger partial charge >= 0.3 is 0 Å². The van der Waals surface area contributed by atoms with Crippen LogP contribution < -0.4 is 11.1 Å². The van der Waals surface area contributed by atoms with E-state index in [4.69, 9.17) is 5.73 Å². The van der Waals surface area contributed by atoms with Crippen LogP contribution in [0.15, 0.2) is 18.2 Å². The van der Waals surface area contributed by atoms with E-state index in [0.717, 1.165) is 9.26 Å². The molecule has 1 atom stereocenters. The Labute approximate surface area is 104 Å². The van der Waals surface area contributed by atoms with Crippen LogP contribution in [0.2, 0.25) is 0 Å². The molecule has 4 heteroatoms. The minimum atomic E-state index is -0.102. The fraction of sp³-hybridized carbons (Fsp3) is 0.364. The zero-order valence-electron chi connectivity index (χ0n) is 8.88. The van der Waals surface area contributed by atoms with E-state index < -0.39 is 0 Å². The van der Waals surface area contributed by atoms with Crippen molar-refractivity contribution in [3.05, 3.63) is 27.3 Å². The number of hydrogen-bond acceptors (Lipinski definition) is 2. The Morgan fingerprint density at radius 3 is 2.80 bits per heavy atom. The molecule has 0 aliphatic rings. The zero-order valence-corrected chi connectivity index (χ0v) is 11.0. The molecule has 15 heavy (non-hydrogen) atoms. The first-order chi connectivity index (χ1) is 6.99. The molecular weight excluding hydrogens is 303 g/mol. The van der Waals surface area contributed by atoms with Crippen LogP contribution in [0.4, 0.5) is 5.69 Å². The molecule has 0 bridgehead atoms. The molecule has 3 nitrogen and oxygen atoms in total. The van der Waals surface area contributed by atoms with Crippen molar-refractivity contribution >= 4 is 34.2 Å². The van der Waals surface area contributed by atoms with Gasteiger partial charge in [-0.1, -0.05) is 6.07 Å². The number of amides is 1. The number of carbonyl (C=O) groups is 1. The molecule has 1 amide bonds. The number of halogens is 1. The van der Waals surface area contributed by atoms with Crippen molar-refractivity contribution in [2.75, 3.05) is 5.32 Å². The monoisotopic (exact) mass is 318 g/mol. The van der Waals surface area contributed by atoms with E-state index >= 15 is 0 Å². The highest BCUT2D eigenvalue weighted by Gasteiger charge is 2.05. The van der Waals surface area contributed by atoms with E-state index in [-0.39, 0.29) is 11.9 Å². The zero-order chi connectivity index (χ0) is 11.4. The third kappa shape index (κ3) is 4.17. The largest absolute Gasteiger partial charge is 0.327 e. The average molecular weight is 318 g/mol. The Morgan fingerprint density at radius 2 is 2.27 bits per heavy atom. The fourth-order valence-corrected chi connectivity index (χ4v) is 1.69. The van der Waals surface area contributed by atoms with E-state index in [0.29, 0.717) is 6.42 Å². The van der Waals surface area contributed by atoms with Gasteiger partial charge in [0.05, 0.1) is 0 Å². The minimum absolute atomic E-state index is 0.0374. The van der Waals surface area contributed by atoms with Gasteiger partial charge in [0.2, 0.25) is 5.91 Å². The predicted molar refractivity (Wildman–Crippen MR) is 70.8 cm³/mol. The van der Waals surface area contributed by atoms with Gasteiger partial charge in [-0.25, -0.2) is 0 Å². The second kappa shape index (κ2) is 5.46. The van der Waals surface area contributed by atoms with Crippen LogP contribution in [0.1, 0.15) is 18.9 Å². The van der Waals surface area contributed by atoms with Crippen LogP contribution in [0, 0.1) is 10.5 Å². The smallest absolute Gasteiger partial charge is 0.225 e. The van der Waals surface area contributed by atoms with Crippen LogP contribution in [-0.4, -0.2) is 11.9 Å². The first kappa shape index (κ1) is 12.4. The van der Waals surface area contributed by atoms with E-state index in [9.17, 15) is 4.79 Å². The molecule has 0 aliphatic heterocycles. The van der Waals surface area contributed by atoms with Gasteiger partial charge in [-0.3, -0.25) is 4.79 Å². The summed E-state index contributed by atoms with van der Waals surface area (Å²) in [6, 6.07) is 5.74. The first-order valence-electron chi connectivity index (χ1n) is 4.80. The van der Waals surface area contributed by atoms with Gasteiger partial charge < -0.3 is 11.1 Å². The standard InChI is InChI=1S/C11H15IN2O/c1-7-3-4-9(6-10(7)12)14-11(15)5-8(2)13/h3-4,6,8H,5,13H2,1-2H3,(H,14,15). The molecule has 0 spiro atoms. The summed E-state index contributed by atoms with van der Waals surface area (Å²) in [5.74, 6) is -0.0374. The Morgan fingerprint density at radius 1 is 1.60 bits per heavy atom. The number of nitrogens with two attached hydrogens (primary N) is 1. The van der Waals surface area contributed by atoms with E-state index in [1.54, 1.807) is 0 Å². The Balaban J connectivity index is 2.65. The highest BCUT2D eigenvalue weighted by molar-refractivity contribution is 14.1. The van der Waals surface area contributed by atoms with Gasteiger partial charge in [-0.15, -0.1) is 0 Å². The predicted octanol–water partition coefficient (Wildman–Crippen LogP) is 2.28. The number of hydrogen-bond donors (Lipinski definition) is 2. The summed E-state index contributed by atoms with van der Waals surface area (Å²) >= 11 is 2.25. The normalized spacial score (nSPS) is 12.3. The quantitative estimate of drug-likeness (QED) is 0.840. The van der Waals surface area contributed by atoms with Crippen molar-refractivity contribution in [1.29, 1.82) is 0 Å². The Hall–Kier alpha value is -0.620. The second-order valence-electron chi connectivity index (χ2n) is 3.69. The van der Waals surface area contributed by atoms with Crippen LogP contribution in [0.3, 0.4) is 0 Å². The van der Waals surface area contributed by atoms with E-state index in [2.05, 4.69) is 27.9 Å². The fourth-order valence-electron chi connectivity index (χ4n) is 1.18. The number of carbonyl (C=O) groups excluding carboxylic acids is 1. The molecule has 0 radical (unpaired) electrons. The number of aryl methyl sites for hydroxylation is 1. The minimum Gasteiger partial charge on any atom is -0.327 e. The third-order valence-corrected chi connectivity index (χ3v) is 3.13. The van der Waals surface area contributed by atoms with Crippen LogP contribution >= 0.6 is 22.6 Å². The van der Waals surface area contributed by atoms with Crippen molar-refractivity contribution in [2.24, 2.45) is 5.73 Å². The van der Waals surface area contributed by atoms with E-state index in [1.165, 1.54) is 5.56 Å². The summed E-state index contributed by atoms with van der Waals surface area (Å²) in [5, 5.41) is 2.82. The van der Waals surface area contributed by atoms with Gasteiger partial charge in [0.1, 0.15) is 0 Å². The second-order valence-corrected chi connectivity index (χ2v) is 4.86. The average Bonchev–Trinajstić information content (AvgIpc) is 2.10. The molecule has 0 saturated heterocycles. The summed E-state index contributed by atoms with van der Waals surface area (Å²) in [7, 11) is 0. The molecule has 0 heterocycles. The Bertz CT molecular complexity index is 364. The van der Waals surface area contributed by atoms with Gasteiger partial charge in [0.25, 0.3) is 0 Å². The number of rotatable bonds is 3. The molecule has 1 aromatic rings. The maximum atomic E-state index is 11.4. The molecule has 3 N–H and O–H groups in total. The summed E-state index contributed by atoms with van der Waals surface area (Å²) < 4.78 is 1.14. The highest BCUT2D eigenvalue weighted by Crippen LogP contribution is 2.17. The van der Waals surface area contributed by atoms with Crippen molar-refractivity contribution in [3.63, 3.8) is 0 Å². The third-order valence-electron chi connectivity index (χ3n) is 1.96. The lowest BCUT2D eigenvalue weighted by Crippen LogP contribution is -2.24. The number of benzene rings is 1. The summed E-state index contributed by atoms with van der Waals surface area (Å²) in [5.41, 5.74) is 7.58. The Kier molecular flexibility index (Phi) is 4.53. The lowest BCUT2D eigenvalue weighted by molar-refractivity contribution is -0.116. The van der Waals surface area contributed by atoms with Gasteiger partial charge in [0.15, 0.2) is 0 Å². The van der Waals surface area contributed by atoms with Crippen LogP contribution in [-0.2, 0) is 4.79 Å². The van der Waals surface area contributed by atoms with Crippen LogP contribution in [0.5, 0.6) is 0 Å². The van der Waals surface area contributed by atoms with Gasteiger partial charge in [0, 0.05) is 21.7 Å². The van der Waals surface area contributed by atoms with E-state index in [1.807, 2.05) is 32.0 Å². The maximum Gasteiger partial charge on any atom is 0.225 e. The molecule has 1 aromatic carbocycles. The topological polar surface area (TPSA) is 55.1 Å². The van der Waals surface area contributed by atoms with Gasteiger partial charge in [-0.05, 0) is 54.1 Å². The van der Waals surface area contributed by atoms with Crippen molar-refractivity contribution in [1.82, 2.24) is 0 Å². The maximum absolute atomic E-state index is 11.4. The number of nitrogens with one attached hydrogen (secondary N) is 1. The lowest BCUT2D eigenvalue weighted by atomic mass is 10.2. The molecule has 1 rings (SSSR count). The molecule has 0 fully saturated rings. The molecule has 0 aliphatic carbocycles. The molecule has 1 unspecified atom stereocenters. The molecule has 82 valence electrons. The molecular formula is C11H15IN2O. The van der Waals surface area contributed by atoms with Crippen LogP contribution in [0.25, 0.3) is 0 Å². The van der Waals surface area contributed by atoms with Crippen molar-refractivity contribution < 1.29 is 4.79 Å². The summed E-state index contributed by atoms with van der Waals surface area (Å²) in [6.45, 7) is 3.85. The molecule has 0 saturated carbocycles. The van der Waals surface area contributed by atoms with Crippen molar-refractivity contribution in [3.8, 4) is 0 Å². The van der Waals surface area contributed by atoms with Gasteiger partial charge in [-0.2, -0.15) is 0 Å². The summed E-state index contributed by atoms with van der Waals surface area (Å²) in [6.07, 6.45) is 0.352. The lowest BCUT2D eigenvalue weighted by Gasteiger charge is -2.08.